The molecule has 0 aliphatic heterocycles. The first-order valence-electron chi connectivity index (χ1n) is 5.59. The zero-order chi connectivity index (χ0) is 14.6. The lowest BCUT2D eigenvalue weighted by atomic mass is 10.0. The zero-order valence-electron chi connectivity index (χ0n) is 10.9. The number of nitrogens with zero attached hydrogens (tertiary/aromatic N) is 1. The predicted octanol–water partition coefficient (Wildman–Crippen LogP) is 3.45. The highest BCUT2D eigenvalue weighted by Crippen LogP contribution is 2.24. The van der Waals surface area contributed by atoms with Crippen molar-refractivity contribution in [2.24, 2.45) is 0 Å². The summed E-state index contributed by atoms with van der Waals surface area (Å²) < 4.78 is 4.69. The van der Waals surface area contributed by atoms with Crippen LogP contribution in [0.4, 0.5) is 4.79 Å². The van der Waals surface area contributed by atoms with E-state index >= 15 is 0 Å². The second kappa shape index (κ2) is 6.26. The van der Waals surface area contributed by atoms with E-state index in [0.717, 1.165) is 0 Å². The number of benzene rings is 1. The number of hydrogen-bond acceptors (Lipinski definition) is 3. The van der Waals surface area contributed by atoms with E-state index in [2.05, 4.69) is 4.74 Å². The number of ether oxygens (including phenoxy) is 1. The molecule has 0 unspecified atom stereocenters. The number of carbonyl (C=O) groups is 2. The van der Waals surface area contributed by atoms with Crippen LogP contribution in [0.3, 0.4) is 0 Å². The summed E-state index contributed by atoms with van der Waals surface area (Å²) in [6, 6.07) is 7.05. The second-order valence-electron chi connectivity index (χ2n) is 4.48. The van der Waals surface area contributed by atoms with Gasteiger partial charge >= 0.3 is 11.3 Å². The quantitative estimate of drug-likeness (QED) is 0.486. The Balaban J connectivity index is 3.07. The van der Waals surface area contributed by atoms with Gasteiger partial charge in [0.1, 0.15) is 5.54 Å². The number of methoxy groups -OCH3 is 1. The smallest absolute Gasteiger partial charge is 0.331 e. The van der Waals surface area contributed by atoms with E-state index in [9.17, 15) is 9.59 Å². The van der Waals surface area contributed by atoms with Crippen LogP contribution in [0.25, 0.3) is 0 Å². The Morgan fingerprint density at radius 3 is 2.37 bits per heavy atom. The fraction of sp³-hybridized carbons (Fsp3) is 0.385. The van der Waals surface area contributed by atoms with Gasteiger partial charge in [-0.3, -0.25) is 4.79 Å². The van der Waals surface area contributed by atoms with Gasteiger partial charge in [0.05, 0.1) is 7.11 Å². The van der Waals surface area contributed by atoms with Crippen molar-refractivity contribution in [3.05, 3.63) is 34.9 Å². The molecule has 0 fully saturated rings. The molecule has 6 heteroatoms. The minimum Gasteiger partial charge on any atom is -0.467 e. The van der Waals surface area contributed by atoms with Crippen LogP contribution in [0.15, 0.2) is 24.3 Å². The lowest BCUT2D eigenvalue weighted by Crippen LogP contribution is -2.51. The van der Waals surface area contributed by atoms with E-state index < -0.39 is 16.9 Å². The third-order valence-corrected chi connectivity index (χ3v) is 3.43. The molecule has 4 nitrogen and oxygen atoms in total. The number of carbonyl (C=O) groups excluding carboxylic acids is 2. The van der Waals surface area contributed by atoms with Crippen molar-refractivity contribution in [3.63, 3.8) is 0 Å². The van der Waals surface area contributed by atoms with Gasteiger partial charge in [-0.2, -0.15) is 0 Å². The Morgan fingerprint density at radius 1 is 1.32 bits per heavy atom. The molecule has 0 spiro atoms. The molecule has 0 aliphatic rings. The van der Waals surface area contributed by atoms with Gasteiger partial charge in [-0.25, -0.2) is 4.79 Å². The summed E-state index contributed by atoms with van der Waals surface area (Å²) >= 11 is 11.6. The summed E-state index contributed by atoms with van der Waals surface area (Å²) in [4.78, 5) is 24.5. The molecule has 1 rings (SSSR count). The van der Waals surface area contributed by atoms with Gasteiger partial charge in [0.2, 0.25) is 0 Å². The van der Waals surface area contributed by atoms with E-state index in [-0.39, 0.29) is 6.54 Å². The minimum absolute atomic E-state index is 0.129. The van der Waals surface area contributed by atoms with Crippen molar-refractivity contribution < 1.29 is 14.3 Å². The van der Waals surface area contributed by atoms with Crippen LogP contribution in [-0.4, -0.2) is 28.9 Å². The van der Waals surface area contributed by atoms with E-state index in [1.165, 1.54) is 12.0 Å². The highest BCUT2D eigenvalue weighted by molar-refractivity contribution is 6.63. The van der Waals surface area contributed by atoms with Gasteiger partial charge in [0.15, 0.2) is 0 Å². The molecule has 0 saturated carbocycles. The number of amides is 1. The lowest BCUT2D eigenvalue weighted by molar-refractivity contribution is -0.151. The Hall–Kier alpha value is -1.26. The largest absolute Gasteiger partial charge is 0.467 e. The Morgan fingerprint density at radius 2 is 1.89 bits per heavy atom. The molecule has 0 N–H and O–H groups in total. The molecule has 19 heavy (non-hydrogen) atoms. The first-order valence-corrected chi connectivity index (χ1v) is 6.35. The minimum atomic E-state index is -1.17. The van der Waals surface area contributed by atoms with Crippen molar-refractivity contribution in [3.8, 4) is 0 Å². The molecule has 0 atom stereocenters. The van der Waals surface area contributed by atoms with Crippen LogP contribution in [0, 0.1) is 0 Å². The summed E-state index contributed by atoms with van der Waals surface area (Å²) in [6.07, 6.45) is 0. The number of esters is 1. The fourth-order valence-corrected chi connectivity index (χ4v) is 2.10. The lowest BCUT2D eigenvalue weighted by Gasteiger charge is -2.34. The standard InChI is InChI=1S/C13H15Cl2NO3/c1-13(2,11(17)19-3)16(12(15)18)8-9-6-4-5-7-10(9)14/h4-7H,8H2,1-3H3. The van der Waals surface area contributed by atoms with E-state index in [0.29, 0.717) is 10.6 Å². The monoisotopic (exact) mass is 303 g/mol. The molecule has 1 aromatic rings. The molecule has 1 amide bonds. The van der Waals surface area contributed by atoms with Crippen LogP contribution < -0.4 is 0 Å². The second-order valence-corrected chi connectivity index (χ2v) is 5.21. The fourth-order valence-electron chi connectivity index (χ4n) is 1.64. The summed E-state index contributed by atoms with van der Waals surface area (Å²) in [5.41, 5.74) is -0.470. The van der Waals surface area contributed by atoms with E-state index in [4.69, 9.17) is 23.2 Å². The van der Waals surface area contributed by atoms with Gasteiger partial charge in [-0.05, 0) is 37.1 Å². The molecular formula is C13H15Cl2NO3. The Labute approximate surface area is 122 Å². The molecule has 104 valence electrons. The Kier molecular flexibility index (Phi) is 5.20. The third kappa shape index (κ3) is 3.61. The van der Waals surface area contributed by atoms with Crippen molar-refractivity contribution in [1.29, 1.82) is 0 Å². The van der Waals surface area contributed by atoms with Crippen molar-refractivity contribution in [1.82, 2.24) is 4.90 Å². The normalized spacial score (nSPS) is 11.0. The molecule has 0 aromatic heterocycles. The topological polar surface area (TPSA) is 46.6 Å². The first kappa shape index (κ1) is 15.8. The van der Waals surface area contributed by atoms with Crippen LogP contribution >= 0.6 is 23.2 Å². The molecule has 0 heterocycles. The predicted molar refractivity (Wildman–Crippen MR) is 74.3 cm³/mol. The third-order valence-electron chi connectivity index (χ3n) is 2.86. The summed E-state index contributed by atoms with van der Waals surface area (Å²) in [5.74, 6) is -0.548. The van der Waals surface area contributed by atoms with E-state index in [1.54, 1.807) is 38.1 Å². The highest BCUT2D eigenvalue weighted by atomic mass is 35.5. The number of hydrogen-bond donors (Lipinski definition) is 0. The molecular weight excluding hydrogens is 289 g/mol. The van der Waals surface area contributed by atoms with Crippen LogP contribution in [0.5, 0.6) is 0 Å². The van der Waals surface area contributed by atoms with Gasteiger partial charge < -0.3 is 9.64 Å². The molecule has 0 radical (unpaired) electrons. The van der Waals surface area contributed by atoms with Crippen molar-refractivity contribution >= 4 is 34.5 Å². The molecule has 0 saturated heterocycles. The zero-order valence-corrected chi connectivity index (χ0v) is 12.5. The van der Waals surface area contributed by atoms with Crippen LogP contribution in [-0.2, 0) is 16.1 Å². The van der Waals surface area contributed by atoms with Gasteiger partial charge in [0.25, 0.3) is 0 Å². The van der Waals surface area contributed by atoms with Crippen molar-refractivity contribution in [2.75, 3.05) is 7.11 Å². The summed E-state index contributed by atoms with van der Waals surface area (Å²) in [5, 5.41) is -0.235. The van der Waals surface area contributed by atoms with Gasteiger partial charge in [0, 0.05) is 11.6 Å². The maximum Gasteiger partial charge on any atom is 0.331 e. The maximum atomic E-state index is 11.7. The summed E-state index contributed by atoms with van der Waals surface area (Å²) in [7, 11) is 1.26. The molecule has 0 aliphatic carbocycles. The number of halogens is 2. The van der Waals surface area contributed by atoms with E-state index in [1.807, 2.05) is 0 Å². The van der Waals surface area contributed by atoms with Gasteiger partial charge in [-0.1, -0.05) is 29.8 Å². The van der Waals surface area contributed by atoms with Gasteiger partial charge in [-0.15, -0.1) is 0 Å². The highest BCUT2D eigenvalue weighted by Gasteiger charge is 2.38. The average Bonchev–Trinajstić information content (AvgIpc) is 2.35. The summed E-state index contributed by atoms with van der Waals surface area (Å²) in [6.45, 7) is 3.26. The van der Waals surface area contributed by atoms with Crippen LogP contribution in [0.1, 0.15) is 19.4 Å². The maximum absolute atomic E-state index is 11.7. The average molecular weight is 304 g/mol. The molecule has 0 bridgehead atoms. The number of rotatable bonds is 4. The Bertz CT molecular complexity index is 489. The SMILES string of the molecule is COC(=O)C(C)(C)N(Cc1ccccc1Cl)C(=O)Cl. The molecule has 1 aromatic carbocycles. The van der Waals surface area contributed by atoms with Crippen molar-refractivity contribution in [2.45, 2.75) is 25.9 Å². The van der Waals surface area contributed by atoms with Crippen LogP contribution in [0.2, 0.25) is 5.02 Å². The first-order chi connectivity index (χ1) is 8.80.